The van der Waals surface area contributed by atoms with Gasteiger partial charge in [-0.2, -0.15) is 14.6 Å². The summed E-state index contributed by atoms with van der Waals surface area (Å²) in [7, 11) is -0.842. The van der Waals surface area contributed by atoms with Crippen LogP contribution in [0.5, 0.6) is 5.75 Å². The molecule has 1 aromatic carbocycles. The van der Waals surface area contributed by atoms with Crippen LogP contribution in [-0.2, 0) is 25.9 Å². The van der Waals surface area contributed by atoms with Crippen molar-refractivity contribution >= 4 is 56.3 Å². The maximum Gasteiger partial charge on any atom is 0.737 e. The Hall–Kier alpha value is 0.351. The molecule has 0 atom stereocenters. The minimum Gasteiger partial charge on any atom is -0.185 e. The molecular formula is C9H11BF3KO5. The molecule has 0 aliphatic rings. The van der Waals surface area contributed by atoms with E-state index in [9.17, 15) is 13.6 Å². The maximum atomic E-state index is 10.4. The maximum absolute atomic E-state index is 10.4. The minimum atomic E-state index is -2.51. The zero-order valence-electron chi connectivity index (χ0n) is 10.5. The van der Waals surface area contributed by atoms with Crippen molar-refractivity contribution in [1.82, 2.24) is 0 Å². The summed E-state index contributed by atoms with van der Waals surface area (Å²) in [5.41, 5.74) is 1.21. The van der Waals surface area contributed by atoms with E-state index in [1.807, 2.05) is 24.3 Å². The van der Waals surface area contributed by atoms with Crippen molar-refractivity contribution in [2.45, 2.75) is 6.61 Å². The van der Waals surface area contributed by atoms with Crippen molar-refractivity contribution in [3.05, 3.63) is 29.8 Å². The van der Waals surface area contributed by atoms with Gasteiger partial charge in [0.15, 0.2) is 0 Å². The first kappa shape index (κ1) is 19.4. The van der Waals surface area contributed by atoms with Crippen LogP contribution in [0.4, 0.5) is 13.6 Å². The Balaban J connectivity index is 0.000000399. The monoisotopic (exact) mass is 306 g/mol. The molecule has 1 aromatic rings. The summed E-state index contributed by atoms with van der Waals surface area (Å²) < 4.78 is 42.6. The van der Waals surface area contributed by atoms with Crippen molar-refractivity contribution in [2.24, 2.45) is 0 Å². The third kappa shape index (κ3) is 9.82. The van der Waals surface area contributed by atoms with E-state index >= 15 is 0 Å². The Kier molecular flexibility index (Phi) is 13.6. The summed E-state index contributed by atoms with van der Waals surface area (Å²) in [4.78, 5) is 7.06. The Bertz CT molecular complexity index is 310. The number of methoxy groups -OCH3 is 1. The summed E-state index contributed by atoms with van der Waals surface area (Å²) in [5.74, 6) is 0.896. The molecule has 0 bridgehead atoms. The van der Waals surface area contributed by atoms with Crippen LogP contribution >= 0.6 is 0 Å². The molecule has 10 heteroatoms. The van der Waals surface area contributed by atoms with Gasteiger partial charge in [0.25, 0.3) is 0 Å². The second kappa shape index (κ2) is 13.3. The molecule has 5 nitrogen and oxygen atoms in total. The van der Waals surface area contributed by atoms with Crippen molar-refractivity contribution in [1.29, 1.82) is 0 Å². The quantitative estimate of drug-likeness (QED) is 0.721. The standard InChI is InChI=1S/C9H11O2.BF3O3.K/c1-10-7-8-3-5-9(11-2)6-4-8;2-5-1(6-3)7-4;/h3-6H,1,7H2,2H3;;. The SMILES string of the molecule is COc1ccc(CO[CH2][K])cc1.FOB(OF)OF. The predicted molar refractivity (Wildman–Crippen MR) is 60.7 cm³/mol. The molecule has 0 fully saturated rings. The molecular weight excluding hydrogens is 295 g/mol. The second-order valence-electron chi connectivity index (χ2n) is 3.04. The van der Waals surface area contributed by atoms with Crippen LogP contribution in [-0.4, -0.2) is 64.1 Å². The molecule has 0 spiro atoms. The summed E-state index contributed by atoms with van der Waals surface area (Å²) in [6.07, 6.45) is 0. The van der Waals surface area contributed by atoms with Gasteiger partial charge in [0.05, 0.1) is 0 Å². The van der Waals surface area contributed by atoms with Gasteiger partial charge in [-0.1, -0.05) is 13.6 Å². The second-order valence-corrected chi connectivity index (χ2v) is 3.94. The van der Waals surface area contributed by atoms with Crippen molar-refractivity contribution in [3.8, 4) is 5.75 Å². The molecule has 0 aromatic heterocycles. The zero-order chi connectivity index (χ0) is 14.5. The summed E-state index contributed by atoms with van der Waals surface area (Å²) in [6, 6.07) is 7.97. The van der Waals surface area contributed by atoms with Crippen LogP contribution in [0.25, 0.3) is 0 Å². The third-order valence-electron chi connectivity index (χ3n) is 1.85. The molecule has 0 saturated heterocycles. The fourth-order valence-corrected chi connectivity index (χ4v) is 1.30. The van der Waals surface area contributed by atoms with E-state index in [4.69, 9.17) is 9.47 Å². The van der Waals surface area contributed by atoms with Gasteiger partial charge >= 0.3 is 116 Å². The molecule has 0 saturated carbocycles. The molecule has 0 heterocycles. The Morgan fingerprint density at radius 1 is 1.05 bits per heavy atom. The van der Waals surface area contributed by atoms with Gasteiger partial charge in [0, 0.05) is 0 Å². The van der Waals surface area contributed by atoms with E-state index in [2.05, 4.69) is 14.6 Å². The van der Waals surface area contributed by atoms with E-state index < -0.39 is 7.32 Å². The van der Waals surface area contributed by atoms with Crippen LogP contribution < -0.4 is 4.74 Å². The van der Waals surface area contributed by atoms with Crippen molar-refractivity contribution in [3.63, 3.8) is 0 Å². The molecule has 102 valence electrons. The topological polar surface area (TPSA) is 46.2 Å². The average Bonchev–Trinajstić information content (AvgIpc) is 2.48. The first-order valence-electron chi connectivity index (χ1n) is 5.24. The minimum absolute atomic E-state index is 0.728. The van der Waals surface area contributed by atoms with E-state index in [1.165, 1.54) is 5.56 Å². The van der Waals surface area contributed by atoms with Gasteiger partial charge in [-0.15, -0.1) is 0 Å². The fraction of sp³-hybridized carbons (Fsp3) is 0.333. The fourth-order valence-electron chi connectivity index (χ4n) is 0.983. The van der Waals surface area contributed by atoms with Crippen LogP contribution in [0.1, 0.15) is 5.56 Å². The van der Waals surface area contributed by atoms with Gasteiger partial charge in [0.1, 0.15) is 0 Å². The smallest absolute Gasteiger partial charge is 0.185 e. The first-order chi connectivity index (χ1) is 9.21. The van der Waals surface area contributed by atoms with Gasteiger partial charge in [-0.25, -0.2) is 0 Å². The van der Waals surface area contributed by atoms with E-state index in [1.54, 1.807) is 7.11 Å². The van der Waals surface area contributed by atoms with Gasteiger partial charge in [-0.3, -0.25) is 0 Å². The summed E-state index contributed by atoms with van der Waals surface area (Å²) in [6.45, 7) is 0.728. The molecule has 0 aliphatic heterocycles. The van der Waals surface area contributed by atoms with Crippen molar-refractivity contribution < 1.29 is 37.6 Å². The number of ether oxygens (including phenoxy) is 2. The van der Waals surface area contributed by atoms with Crippen LogP contribution in [0.2, 0.25) is 0 Å². The van der Waals surface area contributed by atoms with Gasteiger partial charge in [0.2, 0.25) is 0 Å². The number of hydrogen-bond acceptors (Lipinski definition) is 5. The van der Waals surface area contributed by atoms with E-state index in [-0.39, 0.29) is 0 Å². The molecule has 19 heavy (non-hydrogen) atoms. The predicted octanol–water partition coefficient (Wildman–Crippen LogP) is 2.01. The Morgan fingerprint density at radius 3 is 1.89 bits per heavy atom. The molecule has 0 amide bonds. The van der Waals surface area contributed by atoms with E-state index in [0.717, 1.165) is 62.0 Å². The van der Waals surface area contributed by atoms with Gasteiger partial charge in [-0.05, 0) is 0 Å². The summed E-state index contributed by atoms with van der Waals surface area (Å²) >= 11 is 0.791. The number of benzene rings is 1. The number of halogens is 3. The van der Waals surface area contributed by atoms with Crippen LogP contribution in [0.3, 0.4) is 0 Å². The summed E-state index contributed by atoms with van der Waals surface area (Å²) in [5, 5.41) is 0. The first-order valence-corrected chi connectivity index (χ1v) is 7.45. The van der Waals surface area contributed by atoms with Crippen molar-refractivity contribution in [2.75, 3.05) is 7.81 Å². The molecule has 0 radical (unpaired) electrons. The largest absolute Gasteiger partial charge is 0.737 e. The molecule has 0 unspecified atom stereocenters. The van der Waals surface area contributed by atoms with E-state index in [0.29, 0.717) is 0 Å². The number of rotatable bonds is 7. The molecule has 1 rings (SSSR count). The zero-order valence-corrected chi connectivity index (χ0v) is 13.6. The van der Waals surface area contributed by atoms with Gasteiger partial charge < -0.3 is 0 Å². The third-order valence-corrected chi connectivity index (χ3v) is 2.49. The number of hydrogen-bond donors (Lipinski definition) is 0. The molecule has 0 N–H and O–H groups in total. The van der Waals surface area contributed by atoms with Crippen LogP contribution in [0.15, 0.2) is 24.3 Å². The normalized spacial score (nSPS) is 9.58. The Labute approximate surface area is 142 Å². The van der Waals surface area contributed by atoms with Crippen LogP contribution in [0, 0.1) is 0 Å². The molecule has 0 aliphatic carbocycles. The Morgan fingerprint density at radius 2 is 1.58 bits per heavy atom. The average molecular weight is 306 g/mol.